The fourth-order valence-electron chi connectivity index (χ4n) is 3.91. The van der Waals surface area contributed by atoms with Gasteiger partial charge >= 0.3 is 0 Å². The maximum absolute atomic E-state index is 12.4. The molecule has 1 aliphatic heterocycles. The number of aromatic nitrogens is 3. The van der Waals surface area contributed by atoms with Crippen molar-refractivity contribution in [2.45, 2.75) is 13.8 Å². The summed E-state index contributed by atoms with van der Waals surface area (Å²) in [6.45, 7) is 9.41. The SMILES string of the molecule is CCN(CC)C(=O)CN1CCN(c2nc(-c3cccnc3)nc3ccccc23)CC1. The lowest BCUT2D eigenvalue weighted by Crippen LogP contribution is -2.50. The van der Waals surface area contributed by atoms with Gasteiger partial charge in [0.1, 0.15) is 5.82 Å². The van der Waals surface area contributed by atoms with Crippen molar-refractivity contribution in [2.75, 3.05) is 50.7 Å². The van der Waals surface area contributed by atoms with Gasteiger partial charge in [0, 0.05) is 62.6 Å². The van der Waals surface area contributed by atoms with Gasteiger partial charge in [0.05, 0.1) is 12.1 Å². The van der Waals surface area contributed by atoms with Crippen molar-refractivity contribution < 1.29 is 4.79 Å². The van der Waals surface area contributed by atoms with E-state index in [-0.39, 0.29) is 5.91 Å². The van der Waals surface area contributed by atoms with Gasteiger partial charge in [-0.05, 0) is 38.1 Å². The number of carbonyl (C=O) groups excluding carboxylic acids is 1. The van der Waals surface area contributed by atoms with Crippen molar-refractivity contribution in [2.24, 2.45) is 0 Å². The summed E-state index contributed by atoms with van der Waals surface area (Å²) in [7, 11) is 0. The first-order valence-electron chi connectivity index (χ1n) is 10.6. The quantitative estimate of drug-likeness (QED) is 0.629. The Hall–Kier alpha value is -3.06. The number of carbonyl (C=O) groups is 1. The number of nitrogens with zero attached hydrogens (tertiary/aromatic N) is 6. The van der Waals surface area contributed by atoms with Crippen LogP contribution in [-0.2, 0) is 4.79 Å². The van der Waals surface area contributed by atoms with E-state index < -0.39 is 0 Å². The van der Waals surface area contributed by atoms with Crippen LogP contribution in [0.1, 0.15) is 13.8 Å². The lowest BCUT2D eigenvalue weighted by Gasteiger charge is -2.36. The highest BCUT2D eigenvalue weighted by Crippen LogP contribution is 2.28. The molecule has 1 aromatic carbocycles. The smallest absolute Gasteiger partial charge is 0.236 e. The maximum Gasteiger partial charge on any atom is 0.236 e. The third kappa shape index (κ3) is 4.26. The van der Waals surface area contributed by atoms with Crippen LogP contribution in [0.5, 0.6) is 0 Å². The van der Waals surface area contributed by atoms with Gasteiger partial charge < -0.3 is 9.80 Å². The summed E-state index contributed by atoms with van der Waals surface area (Å²) in [4.78, 5) is 32.8. The molecule has 0 atom stereocenters. The molecule has 7 nitrogen and oxygen atoms in total. The molecule has 7 heteroatoms. The Morgan fingerprint density at radius 2 is 1.77 bits per heavy atom. The topological polar surface area (TPSA) is 65.5 Å². The molecule has 3 aromatic rings. The molecule has 0 radical (unpaired) electrons. The van der Waals surface area contributed by atoms with Gasteiger partial charge in [0.25, 0.3) is 0 Å². The molecule has 0 spiro atoms. The number of rotatable bonds is 6. The second kappa shape index (κ2) is 9.17. The van der Waals surface area contributed by atoms with Crippen molar-refractivity contribution in [3.8, 4) is 11.4 Å². The van der Waals surface area contributed by atoms with E-state index in [1.54, 1.807) is 12.4 Å². The second-order valence-electron chi connectivity index (χ2n) is 7.46. The first-order valence-corrected chi connectivity index (χ1v) is 10.6. The van der Waals surface area contributed by atoms with Crippen molar-refractivity contribution in [3.05, 3.63) is 48.8 Å². The molecule has 4 rings (SSSR count). The van der Waals surface area contributed by atoms with Crippen LogP contribution in [0.4, 0.5) is 5.82 Å². The molecule has 30 heavy (non-hydrogen) atoms. The molecule has 0 bridgehead atoms. The lowest BCUT2D eigenvalue weighted by atomic mass is 10.2. The minimum Gasteiger partial charge on any atom is -0.353 e. The zero-order valence-electron chi connectivity index (χ0n) is 17.7. The summed E-state index contributed by atoms with van der Waals surface area (Å²) in [5.41, 5.74) is 1.84. The van der Waals surface area contributed by atoms with Crippen LogP contribution in [0.3, 0.4) is 0 Å². The molecule has 0 aliphatic carbocycles. The fourth-order valence-corrected chi connectivity index (χ4v) is 3.91. The van der Waals surface area contributed by atoms with Crippen LogP contribution in [0.25, 0.3) is 22.3 Å². The molecular weight excluding hydrogens is 376 g/mol. The molecule has 1 saturated heterocycles. The zero-order valence-corrected chi connectivity index (χ0v) is 17.7. The molecule has 0 N–H and O–H groups in total. The predicted octanol–water partition coefficient (Wildman–Crippen LogP) is 2.68. The molecule has 3 heterocycles. The standard InChI is InChI=1S/C23H28N6O/c1-3-28(4-2)21(30)17-27-12-14-29(15-13-27)23-19-9-5-6-10-20(19)25-22(26-23)18-8-7-11-24-16-18/h5-11,16H,3-4,12-15,17H2,1-2H3. The van der Waals surface area contributed by atoms with E-state index in [9.17, 15) is 4.79 Å². The summed E-state index contributed by atoms with van der Waals surface area (Å²) >= 11 is 0. The van der Waals surface area contributed by atoms with Gasteiger partial charge in [-0.2, -0.15) is 0 Å². The minimum atomic E-state index is 0.208. The van der Waals surface area contributed by atoms with Gasteiger partial charge in [0.2, 0.25) is 5.91 Å². The van der Waals surface area contributed by atoms with Crippen LogP contribution < -0.4 is 4.90 Å². The first-order chi connectivity index (χ1) is 14.7. The maximum atomic E-state index is 12.4. The van der Waals surface area contributed by atoms with Crippen molar-refractivity contribution >= 4 is 22.6 Å². The number of benzene rings is 1. The van der Waals surface area contributed by atoms with Crippen LogP contribution in [0.2, 0.25) is 0 Å². The van der Waals surface area contributed by atoms with Crippen LogP contribution >= 0.6 is 0 Å². The Morgan fingerprint density at radius 3 is 2.47 bits per heavy atom. The Kier molecular flexibility index (Phi) is 6.18. The average molecular weight is 405 g/mol. The number of fused-ring (bicyclic) bond motifs is 1. The molecule has 1 aliphatic rings. The van der Waals surface area contributed by atoms with E-state index in [2.05, 4.69) is 20.9 Å². The number of amides is 1. The first kappa shape index (κ1) is 20.2. The minimum absolute atomic E-state index is 0.208. The molecule has 1 fully saturated rings. The molecule has 2 aromatic heterocycles. The van der Waals surface area contributed by atoms with E-state index >= 15 is 0 Å². The highest BCUT2D eigenvalue weighted by Gasteiger charge is 2.23. The third-order valence-corrected chi connectivity index (χ3v) is 5.65. The van der Waals surface area contributed by atoms with E-state index in [4.69, 9.17) is 9.97 Å². The molecule has 1 amide bonds. The molecule has 0 saturated carbocycles. The average Bonchev–Trinajstić information content (AvgIpc) is 2.80. The summed E-state index contributed by atoms with van der Waals surface area (Å²) in [6, 6.07) is 12.0. The number of hydrogen-bond donors (Lipinski definition) is 0. The summed E-state index contributed by atoms with van der Waals surface area (Å²) in [5, 5.41) is 1.05. The summed E-state index contributed by atoms with van der Waals surface area (Å²) in [6.07, 6.45) is 3.55. The molecular formula is C23H28N6O. The van der Waals surface area contributed by atoms with E-state index in [0.29, 0.717) is 12.4 Å². The van der Waals surface area contributed by atoms with E-state index in [1.807, 2.05) is 49.1 Å². The summed E-state index contributed by atoms with van der Waals surface area (Å²) < 4.78 is 0. The Morgan fingerprint density at radius 1 is 1.00 bits per heavy atom. The van der Waals surface area contributed by atoms with Gasteiger partial charge in [-0.25, -0.2) is 9.97 Å². The Labute approximate surface area is 177 Å². The number of likely N-dealkylation sites (N-methyl/N-ethyl adjacent to an activating group) is 1. The van der Waals surface area contributed by atoms with Crippen molar-refractivity contribution in [3.63, 3.8) is 0 Å². The Bertz CT molecular complexity index is 997. The highest BCUT2D eigenvalue weighted by molar-refractivity contribution is 5.91. The monoisotopic (exact) mass is 404 g/mol. The van der Waals surface area contributed by atoms with Gasteiger partial charge in [-0.1, -0.05) is 12.1 Å². The van der Waals surface area contributed by atoms with E-state index in [0.717, 1.165) is 61.6 Å². The highest BCUT2D eigenvalue weighted by atomic mass is 16.2. The number of anilines is 1. The summed E-state index contributed by atoms with van der Waals surface area (Å²) in [5.74, 6) is 1.85. The van der Waals surface area contributed by atoms with Crippen molar-refractivity contribution in [1.29, 1.82) is 0 Å². The van der Waals surface area contributed by atoms with Gasteiger partial charge in [-0.3, -0.25) is 14.7 Å². The van der Waals surface area contributed by atoms with Gasteiger partial charge in [0.15, 0.2) is 5.82 Å². The fraction of sp³-hybridized carbons (Fsp3) is 0.391. The lowest BCUT2D eigenvalue weighted by molar-refractivity contribution is -0.132. The second-order valence-corrected chi connectivity index (χ2v) is 7.46. The number of hydrogen-bond acceptors (Lipinski definition) is 6. The normalized spacial score (nSPS) is 14.8. The van der Waals surface area contributed by atoms with Crippen LogP contribution in [0, 0.1) is 0 Å². The molecule has 0 unspecified atom stereocenters. The van der Waals surface area contributed by atoms with Crippen LogP contribution in [-0.4, -0.2) is 76.5 Å². The van der Waals surface area contributed by atoms with Crippen LogP contribution in [0.15, 0.2) is 48.8 Å². The number of pyridine rings is 1. The largest absolute Gasteiger partial charge is 0.353 e. The number of para-hydroxylation sites is 1. The molecule has 156 valence electrons. The third-order valence-electron chi connectivity index (χ3n) is 5.65. The predicted molar refractivity (Wildman–Crippen MR) is 119 cm³/mol. The van der Waals surface area contributed by atoms with Crippen molar-refractivity contribution in [1.82, 2.24) is 24.8 Å². The Balaban J connectivity index is 1.55. The number of piperazine rings is 1. The van der Waals surface area contributed by atoms with E-state index in [1.165, 1.54) is 0 Å². The zero-order chi connectivity index (χ0) is 20.9. The van der Waals surface area contributed by atoms with Gasteiger partial charge in [-0.15, -0.1) is 0 Å².